The second-order valence-corrected chi connectivity index (χ2v) is 29.1. The van der Waals surface area contributed by atoms with Crippen molar-refractivity contribution in [2.24, 2.45) is 0 Å². The SMILES string of the molecule is C.C#CC#CC.C1CCOC1.C=Cc1ccc(-c2ccc3c(c2)c2cc(N(c4ccc(-c5ccccc5)cc4)c4ccc(-c5ccccc5)cc4)ccc2n3-c2ccccc2)cc1.CCC(C)c1ccc(-c2ccc3c(c2)c2cc(N(c4ccc(-c5ccccc5)cc4)c4ccc(-c5ccccc5)cc4)ccc2n3-c2ccccc2)cc1.[B].[NH]=[Al]. The second-order valence-electron chi connectivity index (χ2n) is 29.1. The van der Waals surface area contributed by atoms with Gasteiger partial charge in [0.2, 0.25) is 0 Å². The van der Waals surface area contributed by atoms with Crippen LogP contribution in [0.1, 0.15) is 64.5 Å². The van der Waals surface area contributed by atoms with Crippen LogP contribution in [0.2, 0.25) is 0 Å². The molecule has 0 amide bonds. The summed E-state index contributed by atoms with van der Waals surface area (Å²) in [6.07, 6.45) is 10.3. The van der Waals surface area contributed by atoms with E-state index in [0.717, 1.165) is 70.7 Å². The van der Waals surface area contributed by atoms with Crippen molar-refractivity contribution in [3.63, 3.8) is 0 Å². The van der Waals surface area contributed by atoms with E-state index in [-0.39, 0.29) is 15.8 Å². The Morgan fingerprint density at radius 1 is 0.367 bits per heavy atom. The molecule has 0 bridgehead atoms. The van der Waals surface area contributed by atoms with Crippen LogP contribution in [0, 0.1) is 28.5 Å². The fraction of sp³-hybridized carbons (Fsp3) is 0.0893. The van der Waals surface area contributed by atoms with Crippen LogP contribution in [-0.4, -0.2) is 46.9 Å². The third-order valence-electron chi connectivity index (χ3n) is 21.9. The first-order valence-corrected chi connectivity index (χ1v) is 40.9. The van der Waals surface area contributed by atoms with Crippen molar-refractivity contribution in [2.45, 2.75) is 53.4 Å². The van der Waals surface area contributed by atoms with Gasteiger partial charge in [0.05, 0.1) is 22.1 Å². The van der Waals surface area contributed by atoms with E-state index < -0.39 is 0 Å². The molecule has 1 unspecified atom stereocenters. The molecule has 580 valence electrons. The van der Waals surface area contributed by atoms with Crippen molar-refractivity contribution in [3.8, 4) is 102 Å². The van der Waals surface area contributed by atoms with E-state index in [9.17, 15) is 0 Å². The van der Waals surface area contributed by atoms with Crippen molar-refractivity contribution in [2.75, 3.05) is 23.0 Å². The molecule has 1 atom stereocenters. The Labute approximate surface area is 718 Å². The van der Waals surface area contributed by atoms with E-state index >= 15 is 0 Å². The van der Waals surface area contributed by atoms with Crippen LogP contribution >= 0.6 is 0 Å². The molecule has 120 heavy (non-hydrogen) atoms. The van der Waals surface area contributed by atoms with Crippen LogP contribution in [0.3, 0.4) is 0 Å². The Balaban J connectivity index is 0.000000180. The van der Waals surface area contributed by atoms with Crippen LogP contribution in [0.4, 0.5) is 34.1 Å². The topological polar surface area (TPSA) is 49.4 Å². The van der Waals surface area contributed by atoms with Crippen LogP contribution < -0.4 is 9.80 Å². The van der Waals surface area contributed by atoms with Gasteiger partial charge in [-0.05, 0) is 255 Å². The number of fused-ring (bicyclic) bond motifs is 6. The minimum absolute atomic E-state index is 0. The van der Waals surface area contributed by atoms with Gasteiger partial charge in [-0.15, -0.1) is 6.42 Å². The standard InChI is InChI=1S/C52H42N2.C50H36N2.C5H4.C4H8O.CH4.Al.B.HN/c1-3-37(2)38-19-21-43(22-20-38)44-27-33-51-49(35-44)50-36-48(32-34-52(50)54(51)45-17-11-6-12-18-45)53(46-28-23-41(24-29-46)39-13-7-4-8-14-39)47-30-25-42(26-31-47)40-15-9-5-10-16-40;1-2-36-18-20-41(21-19-36)42-26-32-49-47(34-42)48-35-46(31-33-50(48)52(49)43-16-10-5-11-17-43)51(44-27-22-39(23-28-44)37-12-6-3-7-13-37)45-29-24-40(25-30-45)38-14-8-4-9-15-38;1-3-5-4-2;1-2-4-5-3-1;;;;/h4-37H,3H2,1-2H3;2-35H,1H2;1H,2H3;1-4H2;1H4;;;1H. The first kappa shape index (κ1) is 83.9. The van der Waals surface area contributed by atoms with Gasteiger partial charge in [-0.3, -0.25) is 0 Å². The Hall–Kier alpha value is -14.1. The molecule has 1 aliphatic rings. The number of nitrogens with zero attached hydrogens (tertiary/aromatic N) is 4. The predicted molar refractivity (Wildman–Crippen MR) is 516 cm³/mol. The summed E-state index contributed by atoms with van der Waals surface area (Å²) >= 11 is 1.67. The Kier molecular flexibility index (Phi) is 28.4. The zero-order chi connectivity index (χ0) is 80.9. The molecule has 1 fully saturated rings. The van der Waals surface area contributed by atoms with E-state index in [0.29, 0.717) is 5.92 Å². The number of benzene rings is 16. The monoisotopic (exact) mass is 1560 g/mol. The number of hydrogen-bond acceptors (Lipinski definition) is 4. The van der Waals surface area contributed by atoms with E-state index in [1.165, 1.54) is 129 Å². The number of anilines is 6. The third-order valence-corrected chi connectivity index (χ3v) is 21.9. The molecule has 6 nitrogen and oxygen atoms in total. The minimum atomic E-state index is 0. The molecule has 4 radical (unpaired) electrons. The van der Waals surface area contributed by atoms with Gasteiger partial charge < -0.3 is 23.7 Å². The van der Waals surface area contributed by atoms with Crippen molar-refractivity contribution in [1.82, 2.24) is 9.13 Å². The van der Waals surface area contributed by atoms with Gasteiger partial charge in [-0.2, -0.15) is 0 Å². The molecular weight excluding hydrogens is 1470 g/mol. The molecule has 1 N–H and O–H groups in total. The molecule has 0 spiro atoms. The van der Waals surface area contributed by atoms with Crippen molar-refractivity contribution in [3.05, 3.63) is 418 Å². The number of rotatable bonds is 17. The maximum atomic E-state index is 5.67. The summed E-state index contributed by atoms with van der Waals surface area (Å²) in [7, 11) is 0. The predicted octanol–water partition coefficient (Wildman–Crippen LogP) is 30.3. The normalized spacial score (nSPS) is 11.3. The summed E-state index contributed by atoms with van der Waals surface area (Å²) < 4.78 is 15.4. The molecule has 3 heterocycles. The Morgan fingerprint density at radius 2 is 0.625 bits per heavy atom. The number of aromatic nitrogens is 2. The van der Waals surface area contributed by atoms with Crippen molar-refractivity contribution < 1.29 is 4.74 Å². The number of terminal acetylenes is 1. The van der Waals surface area contributed by atoms with Gasteiger partial charge in [-0.1, -0.05) is 307 Å². The molecule has 1 saturated heterocycles. The second kappa shape index (κ2) is 40.7. The fourth-order valence-electron chi connectivity index (χ4n) is 15.6. The molecule has 2 aromatic heterocycles. The van der Waals surface area contributed by atoms with Crippen LogP contribution in [0.5, 0.6) is 0 Å². The van der Waals surface area contributed by atoms with Crippen LogP contribution in [0.25, 0.3) is 128 Å². The number of ether oxygens (including phenoxy) is 1. The van der Waals surface area contributed by atoms with E-state index in [2.05, 4.69) is 458 Å². The third kappa shape index (κ3) is 19.0. The van der Waals surface area contributed by atoms with Gasteiger partial charge in [0.25, 0.3) is 0 Å². The molecule has 0 saturated carbocycles. The van der Waals surface area contributed by atoms with E-state index in [1.807, 2.05) is 6.08 Å². The molecule has 1 aliphatic heterocycles. The maximum absolute atomic E-state index is 5.67. The average Bonchev–Trinajstić information content (AvgIpc) is 1.56. The van der Waals surface area contributed by atoms with Gasteiger partial charge in [0, 0.05) is 88.7 Å². The van der Waals surface area contributed by atoms with Gasteiger partial charge in [0.15, 0.2) is 0 Å². The fourth-order valence-corrected chi connectivity index (χ4v) is 15.6. The van der Waals surface area contributed by atoms with Gasteiger partial charge in [-0.25, -0.2) is 0 Å². The first-order valence-electron chi connectivity index (χ1n) is 40.4. The number of hydrogen-bond donors (Lipinski definition) is 1. The Morgan fingerprint density at radius 3 is 0.900 bits per heavy atom. The van der Waals surface area contributed by atoms with Crippen molar-refractivity contribution >= 4 is 108 Å². The number of nitrogens with one attached hydrogen (secondary N) is 1. The average molecular weight is 1560 g/mol. The van der Waals surface area contributed by atoms with E-state index in [4.69, 9.17) is 15.5 Å². The van der Waals surface area contributed by atoms with Gasteiger partial charge >= 0.3 is 20.4 Å². The van der Waals surface area contributed by atoms with Crippen LogP contribution in [-0.2, 0) is 4.74 Å². The summed E-state index contributed by atoms with van der Waals surface area (Å²) in [5.41, 5.74) is 30.6. The quantitative estimate of drug-likeness (QED) is 0.0730. The van der Waals surface area contributed by atoms with Crippen LogP contribution in [0.15, 0.2) is 407 Å². The molecule has 18 aromatic rings. The summed E-state index contributed by atoms with van der Waals surface area (Å²) in [5.74, 6) is 7.63. The van der Waals surface area contributed by atoms with E-state index in [1.54, 1.807) is 23.0 Å². The zero-order valence-corrected chi connectivity index (χ0v) is 68.6. The summed E-state index contributed by atoms with van der Waals surface area (Å²) in [6.45, 7) is 12.2. The Bertz CT molecular complexity index is 6300. The molecule has 16 aromatic carbocycles. The summed E-state index contributed by atoms with van der Waals surface area (Å²) in [4.78, 5) is 4.75. The van der Waals surface area contributed by atoms with Gasteiger partial charge in [0.1, 0.15) is 0 Å². The molecule has 0 aliphatic carbocycles. The molecule has 19 rings (SSSR count). The summed E-state index contributed by atoms with van der Waals surface area (Å²) in [6, 6.07) is 145. The number of para-hydroxylation sites is 2. The molecule has 8 heteroatoms. The summed E-state index contributed by atoms with van der Waals surface area (Å²) in [5, 5.41) is 4.87. The first-order chi connectivity index (χ1) is 58.3. The zero-order valence-electron chi connectivity index (χ0n) is 67.4. The van der Waals surface area contributed by atoms with Crippen molar-refractivity contribution in [1.29, 1.82) is 4.35 Å². The molecular formula is C112H95AlBN5O.